The van der Waals surface area contributed by atoms with Gasteiger partial charge in [-0.2, -0.15) is 0 Å². The molecule has 0 spiro atoms. The van der Waals surface area contributed by atoms with Gasteiger partial charge in [-0.05, 0) is 38.4 Å². The average Bonchev–Trinajstić information content (AvgIpc) is 2.85. The standard InChI is InChI=1S/C11H19NO2S/c1-11(5-3-7-15-11)10(14)12-6-2-4-9(12)8-13/h9,13H,2-8H2,1H3. The molecule has 86 valence electrons. The predicted octanol–water partition coefficient (Wildman–Crippen LogP) is 1.26. The molecule has 2 aliphatic rings. The SMILES string of the molecule is CC1(C(=O)N2CCCC2CO)CCCS1. The molecule has 2 rings (SSSR count). The van der Waals surface area contributed by atoms with Crippen molar-refractivity contribution in [2.45, 2.75) is 43.4 Å². The van der Waals surface area contributed by atoms with Gasteiger partial charge >= 0.3 is 0 Å². The Bertz CT molecular complexity index is 251. The molecular formula is C11H19NO2S. The third kappa shape index (κ3) is 2.02. The maximum atomic E-state index is 12.3. The van der Waals surface area contributed by atoms with E-state index in [2.05, 4.69) is 6.92 Å². The number of likely N-dealkylation sites (tertiary alicyclic amines) is 1. The number of amides is 1. The molecule has 0 bridgehead atoms. The molecule has 1 amide bonds. The summed E-state index contributed by atoms with van der Waals surface area (Å²) in [7, 11) is 0. The van der Waals surface area contributed by atoms with Gasteiger partial charge in [0.05, 0.1) is 17.4 Å². The summed E-state index contributed by atoms with van der Waals surface area (Å²) in [5.41, 5.74) is 0. The predicted molar refractivity (Wildman–Crippen MR) is 61.9 cm³/mol. The Labute approximate surface area is 95.2 Å². The van der Waals surface area contributed by atoms with Crippen LogP contribution in [-0.2, 0) is 4.79 Å². The molecule has 0 aromatic heterocycles. The molecule has 2 aliphatic heterocycles. The second-order valence-electron chi connectivity index (χ2n) is 4.66. The fraction of sp³-hybridized carbons (Fsp3) is 0.909. The van der Waals surface area contributed by atoms with Gasteiger partial charge in [-0.3, -0.25) is 4.79 Å². The van der Waals surface area contributed by atoms with Crippen molar-refractivity contribution in [1.29, 1.82) is 0 Å². The Hall–Kier alpha value is -0.220. The van der Waals surface area contributed by atoms with E-state index in [0.29, 0.717) is 0 Å². The fourth-order valence-electron chi connectivity index (χ4n) is 2.54. The first-order valence-corrected chi connectivity index (χ1v) is 6.72. The highest BCUT2D eigenvalue weighted by Crippen LogP contribution is 2.40. The number of nitrogens with zero attached hydrogens (tertiary/aromatic N) is 1. The van der Waals surface area contributed by atoms with E-state index >= 15 is 0 Å². The zero-order valence-electron chi connectivity index (χ0n) is 9.24. The number of hydrogen-bond acceptors (Lipinski definition) is 3. The lowest BCUT2D eigenvalue weighted by Gasteiger charge is -2.31. The first kappa shape index (κ1) is 11.3. The largest absolute Gasteiger partial charge is 0.394 e. The number of carbonyl (C=O) groups excluding carboxylic acids is 1. The highest BCUT2D eigenvalue weighted by atomic mass is 32.2. The quantitative estimate of drug-likeness (QED) is 0.775. The first-order chi connectivity index (χ1) is 7.17. The summed E-state index contributed by atoms with van der Waals surface area (Å²) in [6.07, 6.45) is 4.14. The molecular weight excluding hydrogens is 210 g/mol. The molecule has 2 fully saturated rings. The molecule has 15 heavy (non-hydrogen) atoms. The molecule has 0 radical (unpaired) electrons. The molecule has 2 atom stereocenters. The molecule has 0 aliphatic carbocycles. The van der Waals surface area contributed by atoms with Crippen molar-refractivity contribution in [2.75, 3.05) is 18.9 Å². The van der Waals surface area contributed by atoms with E-state index in [9.17, 15) is 9.90 Å². The van der Waals surface area contributed by atoms with E-state index in [4.69, 9.17) is 0 Å². The van der Waals surface area contributed by atoms with Crippen LogP contribution in [0.2, 0.25) is 0 Å². The average molecular weight is 229 g/mol. The Morgan fingerprint density at radius 2 is 2.40 bits per heavy atom. The van der Waals surface area contributed by atoms with Crippen LogP contribution in [0.5, 0.6) is 0 Å². The van der Waals surface area contributed by atoms with Crippen molar-refractivity contribution in [3.05, 3.63) is 0 Å². The zero-order chi connectivity index (χ0) is 10.9. The molecule has 4 heteroatoms. The maximum absolute atomic E-state index is 12.3. The number of rotatable bonds is 2. The summed E-state index contributed by atoms with van der Waals surface area (Å²) in [5.74, 6) is 1.35. The van der Waals surface area contributed by atoms with E-state index in [-0.39, 0.29) is 23.3 Å². The second-order valence-corrected chi connectivity index (χ2v) is 6.26. The summed E-state index contributed by atoms with van der Waals surface area (Å²) >= 11 is 1.78. The minimum absolute atomic E-state index is 0.0792. The highest BCUT2D eigenvalue weighted by Gasteiger charge is 2.42. The number of aliphatic hydroxyl groups excluding tert-OH is 1. The Morgan fingerprint density at radius 3 is 3.00 bits per heavy atom. The van der Waals surface area contributed by atoms with Crippen molar-refractivity contribution in [3.63, 3.8) is 0 Å². The number of hydrogen-bond donors (Lipinski definition) is 1. The van der Waals surface area contributed by atoms with Gasteiger partial charge < -0.3 is 10.0 Å². The van der Waals surface area contributed by atoms with Crippen LogP contribution < -0.4 is 0 Å². The van der Waals surface area contributed by atoms with Crippen LogP contribution >= 0.6 is 11.8 Å². The number of aliphatic hydroxyl groups is 1. The molecule has 2 unspecified atom stereocenters. The smallest absolute Gasteiger partial charge is 0.238 e. The van der Waals surface area contributed by atoms with Crippen LogP contribution in [0.3, 0.4) is 0 Å². The summed E-state index contributed by atoms with van der Waals surface area (Å²) < 4.78 is -0.211. The van der Waals surface area contributed by atoms with E-state index in [1.165, 1.54) is 0 Å². The van der Waals surface area contributed by atoms with Crippen LogP contribution in [0, 0.1) is 0 Å². The molecule has 0 aromatic carbocycles. The van der Waals surface area contributed by atoms with Crippen molar-refractivity contribution in [2.24, 2.45) is 0 Å². The topological polar surface area (TPSA) is 40.5 Å². The summed E-state index contributed by atoms with van der Waals surface area (Å²) in [4.78, 5) is 14.2. The lowest BCUT2D eigenvalue weighted by atomic mass is 10.0. The van der Waals surface area contributed by atoms with Crippen LogP contribution in [0.1, 0.15) is 32.6 Å². The molecule has 2 heterocycles. The van der Waals surface area contributed by atoms with Gasteiger partial charge in [0.1, 0.15) is 0 Å². The van der Waals surface area contributed by atoms with Crippen LogP contribution in [0.25, 0.3) is 0 Å². The van der Waals surface area contributed by atoms with Crippen molar-refractivity contribution < 1.29 is 9.90 Å². The van der Waals surface area contributed by atoms with Gasteiger partial charge in [0.15, 0.2) is 0 Å². The van der Waals surface area contributed by atoms with Gasteiger partial charge in [0, 0.05) is 6.54 Å². The minimum atomic E-state index is -0.211. The molecule has 0 aromatic rings. The van der Waals surface area contributed by atoms with E-state index < -0.39 is 0 Å². The van der Waals surface area contributed by atoms with Gasteiger partial charge in [-0.1, -0.05) is 0 Å². The Morgan fingerprint density at radius 1 is 1.60 bits per heavy atom. The van der Waals surface area contributed by atoms with Gasteiger partial charge in [0.25, 0.3) is 0 Å². The molecule has 2 saturated heterocycles. The van der Waals surface area contributed by atoms with Crippen molar-refractivity contribution >= 4 is 17.7 Å². The third-order valence-corrected chi connectivity index (χ3v) is 5.03. The van der Waals surface area contributed by atoms with E-state index in [1.807, 2.05) is 4.90 Å². The van der Waals surface area contributed by atoms with Crippen molar-refractivity contribution in [1.82, 2.24) is 4.90 Å². The molecule has 1 N–H and O–H groups in total. The fourth-order valence-corrected chi connectivity index (χ4v) is 3.81. The Balaban J connectivity index is 2.06. The number of carbonyl (C=O) groups is 1. The third-order valence-electron chi connectivity index (χ3n) is 3.52. The lowest BCUT2D eigenvalue weighted by Crippen LogP contribution is -2.47. The Kier molecular flexibility index (Phi) is 3.26. The van der Waals surface area contributed by atoms with Gasteiger partial charge in [0.2, 0.25) is 5.91 Å². The van der Waals surface area contributed by atoms with Crippen LogP contribution in [-0.4, -0.2) is 45.6 Å². The maximum Gasteiger partial charge on any atom is 0.238 e. The van der Waals surface area contributed by atoms with E-state index in [1.54, 1.807) is 11.8 Å². The summed E-state index contributed by atoms with van der Waals surface area (Å²) in [6, 6.07) is 0.0792. The van der Waals surface area contributed by atoms with Crippen LogP contribution in [0.15, 0.2) is 0 Å². The van der Waals surface area contributed by atoms with Crippen molar-refractivity contribution in [3.8, 4) is 0 Å². The zero-order valence-corrected chi connectivity index (χ0v) is 10.1. The van der Waals surface area contributed by atoms with Gasteiger partial charge in [-0.25, -0.2) is 0 Å². The number of thioether (sulfide) groups is 1. The monoisotopic (exact) mass is 229 g/mol. The first-order valence-electron chi connectivity index (χ1n) is 5.73. The van der Waals surface area contributed by atoms with Crippen LogP contribution in [0.4, 0.5) is 0 Å². The highest BCUT2D eigenvalue weighted by molar-refractivity contribution is 8.01. The lowest BCUT2D eigenvalue weighted by molar-refractivity contribution is -0.134. The summed E-state index contributed by atoms with van der Waals surface area (Å²) in [6.45, 7) is 3.01. The normalized spacial score (nSPS) is 36.1. The second kappa shape index (κ2) is 4.34. The summed E-state index contributed by atoms with van der Waals surface area (Å²) in [5, 5.41) is 9.21. The molecule has 3 nitrogen and oxygen atoms in total. The van der Waals surface area contributed by atoms with E-state index in [0.717, 1.165) is 38.0 Å². The van der Waals surface area contributed by atoms with Gasteiger partial charge in [-0.15, -0.1) is 11.8 Å². The molecule has 0 saturated carbocycles. The minimum Gasteiger partial charge on any atom is -0.394 e.